The van der Waals surface area contributed by atoms with E-state index in [2.05, 4.69) is 32.0 Å². The highest BCUT2D eigenvalue weighted by atomic mass is 32.2. The van der Waals surface area contributed by atoms with Crippen LogP contribution in [-0.4, -0.2) is 0 Å². The summed E-state index contributed by atoms with van der Waals surface area (Å²) >= 11 is 1.56. The van der Waals surface area contributed by atoms with Gasteiger partial charge in [0, 0.05) is 21.9 Å². The summed E-state index contributed by atoms with van der Waals surface area (Å²) in [5, 5.41) is 0. The van der Waals surface area contributed by atoms with Crippen molar-refractivity contribution in [2.24, 2.45) is 5.73 Å². The maximum Gasteiger partial charge on any atom is 0.128 e. The zero-order valence-electron chi connectivity index (χ0n) is 10.5. The van der Waals surface area contributed by atoms with Crippen molar-refractivity contribution in [1.29, 1.82) is 0 Å². The first-order valence-corrected chi connectivity index (χ1v) is 6.66. The molecule has 0 aliphatic rings. The molecule has 0 atom stereocenters. The summed E-state index contributed by atoms with van der Waals surface area (Å²) in [7, 11) is 0. The number of aryl methyl sites for hydroxylation is 2. The molecule has 2 aromatic carbocycles. The molecule has 2 N–H and O–H groups in total. The zero-order chi connectivity index (χ0) is 13.1. The maximum absolute atomic E-state index is 13.6. The van der Waals surface area contributed by atoms with Crippen molar-refractivity contribution >= 4 is 11.8 Å². The number of nitrogens with two attached hydrogens (primary N) is 1. The van der Waals surface area contributed by atoms with Crippen LogP contribution >= 0.6 is 11.8 Å². The van der Waals surface area contributed by atoms with E-state index >= 15 is 0 Å². The van der Waals surface area contributed by atoms with Crippen LogP contribution in [0, 0.1) is 19.7 Å². The molecule has 0 bridgehead atoms. The second-order valence-electron chi connectivity index (χ2n) is 4.27. The van der Waals surface area contributed by atoms with Gasteiger partial charge in [-0.25, -0.2) is 4.39 Å². The molecule has 0 aliphatic carbocycles. The average molecular weight is 261 g/mol. The fourth-order valence-corrected chi connectivity index (χ4v) is 2.81. The van der Waals surface area contributed by atoms with Crippen LogP contribution in [0.5, 0.6) is 0 Å². The molecule has 2 rings (SSSR count). The number of halogens is 1. The molecule has 0 radical (unpaired) electrons. The molecule has 94 valence electrons. The number of hydrogen-bond donors (Lipinski definition) is 1. The molecular formula is C15H16FNS. The van der Waals surface area contributed by atoms with Gasteiger partial charge in [-0.2, -0.15) is 0 Å². The van der Waals surface area contributed by atoms with Crippen molar-refractivity contribution in [2.45, 2.75) is 30.2 Å². The molecule has 0 saturated carbocycles. The van der Waals surface area contributed by atoms with Gasteiger partial charge in [-0.15, -0.1) is 0 Å². The minimum absolute atomic E-state index is 0.222. The van der Waals surface area contributed by atoms with E-state index in [1.54, 1.807) is 17.8 Å². The van der Waals surface area contributed by atoms with E-state index in [-0.39, 0.29) is 12.4 Å². The number of hydrogen-bond acceptors (Lipinski definition) is 2. The zero-order valence-corrected chi connectivity index (χ0v) is 11.4. The van der Waals surface area contributed by atoms with Gasteiger partial charge in [-0.3, -0.25) is 0 Å². The predicted molar refractivity (Wildman–Crippen MR) is 74.3 cm³/mol. The minimum Gasteiger partial charge on any atom is -0.326 e. The van der Waals surface area contributed by atoms with Crippen LogP contribution in [0.15, 0.2) is 46.2 Å². The largest absolute Gasteiger partial charge is 0.326 e. The maximum atomic E-state index is 13.6. The van der Waals surface area contributed by atoms with Gasteiger partial charge < -0.3 is 5.73 Å². The molecule has 0 fully saturated rings. The third-order valence-corrected chi connectivity index (χ3v) is 4.08. The summed E-state index contributed by atoms with van der Waals surface area (Å²) in [4.78, 5) is 2.00. The molecule has 2 aromatic rings. The third kappa shape index (κ3) is 2.74. The van der Waals surface area contributed by atoms with E-state index < -0.39 is 0 Å². The summed E-state index contributed by atoms with van der Waals surface area (Å²) in [5.74, 6) is -0.230. The van der Waals surface area contributed by atoms with Gasteiger partial charge in [0.05, 0.1) is 0 Å². The number of rotatable bonds is 3. The van der Waals surface area contributed by atoms with Crippen molar-refractivity contribution in [1.82, 2.24) is 0 Å². The van der Waals surface area contributed by atoms with Gasteiger partial charge in [0.1, 0.15) is 5.82 Å². The molecule has 0 amide bonds. The van der Waals surface area contributed by atoms with E-state index in [9.17, 15) is 4.39 Å². The lowest BCUT2D eigenvalue weighted by Crippen LogP contribution is -2.01. The van der Waals surface area contributed by atoms with E-state index in [1.807, 2.05) is 6.07 Å². The highest BCUT2D eigenvalue weighted by molar-refractivity contribution is 7.99. The molecule has 0 saturated heterocycles. The van der Waals surface area contributed by atoms with Gasteiger partial charge in [0.2, 0.25) is 0 Å². The van der Waals surface area contributed by atoms with E-state index in [0.717, 1.165) is 9.79 Å². The highest BCUT2D eigenvalue weighted by Crippen LogP contribution is 2.32. The van der Waals surface area contributed by atoms with Gasteiger partial charge in [-0.1, -0.05) is 23.9 Å². The standard InChI is InChI=1S/C15H16FNS/c1-10-6-7-12(8-11(10)2)18-15-5-3-4-14(16)13(15)9-17/h3-8H,9,17H2,1-2H3. The van der Waals surface area contributed by atoms with E-state index in [1.165, 1.54) is 17.2 Å². The summed E-state index contributed by atoms with van der Waals surface area (Å²) in [6, 6.07) is 11.3. The van der Waals surface area contributed by atoms with E-state index in [0.29, 0.717) is 5.56 Å². The first kappa shape index (κ1) is 13.1. The molecule has 0 aliphatic heterocycles. The first-order valence-electron chi connectivity index (χ1n) is 5.84. The Labute approximate surface area is 111 Å². The molecule has 18 heavy (non-hydrogen) atoms. The van der Waals surface area contributed by atoms with Crippen molar-refractivity contribution in [2.75, 3.05) is 0 Å². The summed E-state index contributed by atoms with van der Waals surface area (Å²) in [6.07, 6.45) is 0. The van der Waals surface area contributed by atoms with Gasteiger partial charge in [0.25, 0.3) is 0 Å². The van der Waals surface area contributed by atoms with Crippen LogP contribution < -0.4 is 5.73 Å². The molecular weight excluding hydrogens is 245 g/mol. The third-order valence-electron chi connectivity index (χ3n) is 2.99. The van der Waals surface area contributed by atoms with Crippen LogP contribution in [0.1, 0.15) is 16.7 Å². The van der Waals surface area contributed by atoms with E-state index in [4.69, 9.17) is 5.73 Å². The topological polar surface area (TPSA) is 26.0 Å². The van der Waals surface area contributed by atoms with Gasteiger partial charge >= 0.3 is 0 Å². The Hall–Kier alpha value is -1.32. The quantitative estimate of drug-likeness (QED) is 0.902. The summed E-state index contributed by atoms with van der Waals surface area (Å²) < 4.78 is 13.6. The Balaban J connectivity index is 2.34. The molecule has 0 heterocycles. The van der Waals surface area contributed by atoms with Crippen LogP contribution in [0.3, 0.4) is 0 Å². The Kier molecular flexibility index (Phi) is 4.04. The van der Waals surface area contributed by atoms with Crippen LogP contribution in [-0.2, 0) is 6.54 Å². The SMILES string of the molecule is Cc1ccc(Sc2cccc(F)c2CN)cc1C. The molecule has 1 nitrogen and oxygen atoms in total. The Morgan fingerprint density at radius 2 is 1.89 bits per heavy atom. The fourth-order valence-electron chi connectivity index (χ4n) is 1.74. The molecule has 3 heteroatoms. The second-order valence-corrected chi connectivity index (χ2v) is 5.38. The number of benzene rings is 2. The highest BCUT2D eigenvalue weighted by Gasteiger charge is 2.08. The summed E-state index contributed by atoms with van der Waals surface area (Å²) in [6.45, 7) is 4.38. The average Bonchev–Trinajstić information content (AvgIpc) is 2.34. The van der Waals surface area contributed by atoms with Gasteiger partial charge in [-0.05, 0) is 49.2 Å². The van der Waals surface area contributed by atoms with Crippen LogP contribution in [0.25, 0.3) is 0 Å². The van der Waals surface area contributed by atoms with Crippen molar-refractivity contribution in [3.05, 3.63) is 58.9 Å². The van der Waals surface area contributed by atoms with Crippen molar-refractivity contribution in [3.63, 3.8) is 0 Å². The fraction of sp³-hybridized carbons (Fsp3) is 0.200. The lowest BCUT2D eigenvalue weighted by Gasteiger charge is -2.09. The first-order chi connectivity index (χ1) is 8.61. The van der Waals surface area contributed by atoms with Crippen molar-refractivity contribution < 1.29 is 4.39 Å². The predicted octanol–water partition coefficient (Wildman–Crippen LogP) is 4.05. The smallest absolute Gasteiger partial charge is 0.128 e. The van der Waals surface area contributed by atoms with Crippen LogP contribution in [0.2, 0.25) is 0 Å². The molecule has 0 aromatic heterocycles. The van der Waals surface area contributed by atoms with Crippen molar-refractivity contribution in [3.8, 4) is 0 Å². The summed E-state index contributed by atoms with van der Waals surface area (Å²) in [5.41, 5.74) is 8.69. The second kappa shape index (κ2) is 5.55. The molecule has 0 spiro atoms. The Bertz CT molecular complexity index is 566. The minimum atomic E-state index is -0.230. The lowest BCUT2D eigenvalue weighted by molar-refractivity contribution is 0.604. The molecule has 0 unspecified atom stereocenters. The van der Waals surface area contributed by atoms with Crippen LogP contribution in [0.4, 0.5) is 4.39 Å². The van der Waals surface area contributed by atoms with Gasteiger partial charge in [0.15, 0.2) is 0 Å². The lowest BCUT2D eigenvalue weighted by atomic mass is 10.1. The Morgan fingerprint density at radius 3 is 2.56 bits per heavy atom. The monoisotopic (exact) mass is 261 g/mol. The Morgan fingerprint density at radius 1 is 1.11 bits per heavy atom. The normalized spacial score (nSPS) is 10.7.